The molecule has 2 atom stereocenters. The Kier molecular flexibility index (Phi) is 3.59. The molecule has 1 aliphatic carbocycles. The fourth-order valence-corrected chi connectivity index (χ4v) is 2.53. The number of carbonyl (C=O) groups excluding carboxylic acids is 1. The summed E-state index contributed by atoms with van der Waals surface area (Å²) in [6.07, 6.45) is 3.80. The third kappa shape index (κ3) is 3.04. The maximum absolute atomic E-state index is 12.2. The number of hydrogen-bond acceptors (Lipinski definition) is 2. The Morgan fingerprint density at radius 2 is 2.07 bits per heavy atom. The van der Waals surface area contributed by atoms with E-state index >= 15 is 0 Å². The van der Waals surface area contributed by atoms with Crippen molar-refractivity contribution in [2.24, 2.45) is 11.3 Å². The van der Waals surface area contributed by atoms with E-state index in [1.54, 1.807) is 7.11 Å². The van der Waals surface area contributed by atoms with Crippen LogP contribution in [0.15, 0.2) is 0 Å². The first-order valence-electron chi connectivity index (χ1n) is 5.86. The van der Waals surface area contributed by atoms with Crippen LogP contribution in [0.1, 0.15) is 53.4 Å². The van der Waals surface area contributed by atoms with Crippen LogP contribution in [0.4, 0.5) is 0 Å². The van der Waals surface area contributed by atoms with Crippen LogP contribution >= 0.6 is 0 Å². The van der Waals surface area contributed by atoms with Gasteiger partial charge in [0.15, 0.2) is 0 Å². The molecule has 0 N–H and O–H groups in total. The van der Waals surface area contributed by atoms with Gasteiger partial charge in [-0.2, -0.15) is 0 Å². The standard InChI is InChI=1S/C13H24O2/c1-12(2,3)9-11(14)10-7-6-8-13(10,4)15-5/h10H,6-9H2,1-5H3. The van der Waals surface area contributed by atoms with E-state index in [0.29, 0.717) is 12.2 Å². The molecule has 88 valence electrons. The van der Waals surface area contributed by atoms with Crippen molar-refractivity contribution in [3.63, 3.8) is 0 Å². The van der Waals surface area contributed by atoms with Crippen molar-refractivity contribution >= 4 is 5.78 Å². The van der Waals surface area contributed by atoms with Crippen LogP contribution < -0.4 is 0 Å². The van der Waals surface area contributed by atoms with Crippen LogP contribution in [0.3, 0.4) is 0 Å². The molecule has 0 aromatic carbocycles. The molecular formula is C13H24O2. The number of ketones is 1. The molecule has 1 fully saturated rings. The Morgan fingerprint density at radius 1 is 1.47 bits per heavy atom. The molecule has 15 heavy (non-hydrogen) atoms. The molecule has 1 saturated carbocycles. The summed E-state index contributed by atoms with van der Waals surface area (Å²) in [5, 5.41) is 0. The van der Waals surface area contributed by atoms with Crippen molar-refractivity contribution in [1.82, 2.24) is 0 Å². The lowest BCUT2D eigenvalue weighted by Gasteiger charge is -2.31. The first-order chi connectivity index (χ1) is 6.78. The van der Waals surface area contributed by atoms with Crippen molar-refractivity contribution < 1.29 is 9.53 Å². The zero-order valence-corrected chi connectivity index (χ0v) is 10.7. The number of methoxy groups -OCH3 is 1. The minimum Gasteiger partial charge on any atom is -0.378 e. The normalized spacial score (nSPS) is 31.9. The molecule has 2 heteroatoms. The van der Waals surface area contributed by atoms with Gasteiger partial charge in [-0.05, 0) is 31.6 Å². The zero-order valence-electron chi connectivity index (χ0n) is 10.7. The highest BCUT2D eigenvalue weighted by Gasteiger charge is 2.43. The summed E-state index contributed by atoms with van der Waals surface area (Å²) < 4.78 is 5.53. The molecular weight excluding hydrogens is 188 g/mol. The predicted molar refractivity (Wildman–Crippen MR) is 61.8 cm³/mol. The minimum atomic E-state index is -0.206. The highest BCUT2D eigenvalue weighted by atomic mass is 16.5. The Labute approximate surface area is 93.4 Å². The molecule has 1 rings (SSSR count). The summed E-state index contributed by atoms with van der Waals surface area (Å²) in [6, 6.07) is 0. The predicted octanol–water partition coefficient (Wildman–Crippen LogP) is 3.20. The lowest BCUT2D eigenvalue weighted by atomic mass is 9.80. The van der Waals surface area contributed by atoms with Gasteiger partial charge in [0.1, 0.15) is 5.78 Å². The number of hydrogen-bond donors (Lipinski definition) is 0. The minimum absolute atomic E-state index is 0.0916. The molecule has 0 aliphatic heterocycles. The second-order valence-corrected chi connectivity index (χ2v) is 6.17. The smallest absolute Gasteiger partial charge is 0.139 e. The fraction of sp³-hybridized carbons (Fsp3) is 0.923. The second-order valence-electron chi connectivity index (χ2n) is 6.17. The lowest BCUT2D eigenvalue weighted by Crippen LogP contribution is -2.38. The van der Waals surface area contributed by atoms with Gasteiger partial charge in [0.05, 0.1) is 5.60 Å². The third-order valence-electron chi connectivity index (χ3n) is 3.46. The number of carbonyl (C=O) groups is 1. The Hall–Kier alpha value is -0.370. The molecule has 0 aromatic rings. The molecule has 0 aromatic heterocycles. The van der Waals surface area contributed by atoms with E-state index in [-0.39, 0.29) is 16.9 Å². The molecule has 2 unspecified atom stereocenters. The van der Waals surface area contributed by atoms with E-state index in [0.717, 1.165) is 19.3 Å². The van der Waals surface area contributed by atoms with E-state index in [4.69, 9.17) is 4.74 Å². The molecule has 0 bridgehead atoms. The number of ether oxygens (including phenoxy) is 1. The Morgan fingerprint density at radius 3 is 2.53 bits per heavy atom. The number of Topliss-reactive ketones (excluding diaryl/α,β-unsaturated/α-hetero) is 1. The van der Waals surface area contributed by atoms with Crippen LogP contribution in [0, 0.1) is 11.3 Å². The van der Waals surface area contributed by atoms with Crippen molar-refractivity contribution in [2.45, 2.75) is 59.0 Å². The SMILES string of the molecule is COC1(C)CCCC1C(=O)CC(C)(C)C. The molecule has 0 saturated heterocycles. The van der Waals surface area contributed by atoms with Crippen LogP contribution in [-0.2, 0) is 9.53 Å². The second kappa shape index (κ2) is 4.25. The van der Waals surface area contributed by atoms with Gasteiger partial charge in [0.25, 0.3) is 0 Å². The van der Waals surface area contributed by atoms with Crippen molar-refractivity contribution in [1.29, 1.82) is 0 Å². The summed E-state index contributed by atoms with van der Waals surface area (Å²) in [7, 11) is 1.72. The molecule has 2 nitrogen and oxygen atoms in total. The van der Waals surface area contributed by atoms with E-state index < -0.39 is 0 Å². The summed E-state index contributed by atoms with van der Waals surface area (Å²) in [4.78, 5) is 12.2. The monoisotopic (exact) mass is 212 g/mol. The topological polar surface area (TPSA) is 26.3 Å². The van der Waals surface area contributed by atoms with Crippen LogP contribution in [0.2, 0.25) is 0 Å². The summed E-state index contributed by atoms with van der Waals surface area (Å²) in [5.74, 6) is 0.492. The maximum Gasteiger partial charge on any atom is 0.139 e. The first kappa shape index (κ1) is 12.7. The Bertz CT molecular complexity index is 239. The Balaban J connectivity index is 2.67. The maximum atomic E-state index is 12.2. The van der Waals surface area contributed by atoms with Crippen molar-refractivity contribution in [3.05, 3.63) is 0 Å². The molecule has 1 aliphatic rings. The van der Waals surface area contributed by atoms with Gasteiger partial charge < -0.3 is 4.74 Å². The lowest BCUT2D eigenvalue weighted by molar-refractivity contribution is -0.133. The third-order valence-corrected chi connectivity index (χ3v) is 3.46. The van der Waals surface area contributed by atoms with Crippen molar-refractivity contribution in [2.75, 3.05) is 7.11 Å². The average molecular weight is 212 g/mol. The van der Waals surface area contributed by atoms with Crippen LogP contribution in [0.25, 0.3) is 0 Å². The van der Waals surface area contributed by atoms with Gasteiger partial charge in [-0.15, -0.1) is 0 Å². The summed E-state index contributed by atoms with van der Waals surface area (Å²) in [6.45, 7) is 8.42. The van der Waals surface area contributed by atoms with E-state index in [1.165, 1.54) is 0 Å². The zero-order chi connectivity index (χ0) is 11.7. The van der Waals surface area contributed by atoms with Gasteiger partial charge in [0.2, 0.25) is 0 Å². The average Bonchev–Trinajstić information content (AvgIpc) is 2.45. The molecule has 0 amide bonds. The van der Waals surface area contributed by atoms with Crippen LogP contribution in [-0.4, -0.2) is 18.5 Å². The van der Waals surface area contributed by atoms with Gasteiger partial charge in [0, 0.05) is 19.4 Å². The molecule has 0 radical (unpaired) electrons. The molecule has 0 heterocycles. The van der Waals surface area contributed by atoms with Gasteiger partial charge in [-0.3, -0.25) is 4.79 Å². The van der Waals surface area contributed by atoms with E-state index in [2.05, 4.69) is 27.7 Å². The largest absolute Gasteiger partial charge is 0.378 e. The van der Waals surface area contributed by atoms with Crippen LogP contribution in [0.5, 0.6) is 0 Å². The van der Waals surface area contributed by atoms with Gasteiger partial charge >= 0.3 is 0 Å². The highest BCUT2D eigenvalue weighted by molar-refractivity contribution is 5.83. The quantitative estimate of drug-likeness (QED) is 0.718. The van der Waals surface area contributed by atoms with E-state index in [9.17, 15) is 4.79 Å². The fourth-order valence-electron chi connectivity index (χ4n) is 2.53. The first-order valence-corrected chi connectivity index (χ1v) is 5.86. The van der Waals surface area contributed by atoms with Crippen molar-refractivity contribution in [3.8, 4) is 0 Å². The number of rotatable bonds is 3. The summed E-state index contributed by atoms with van der Waals surface area (Å²) >= 11 is 0. The molecule has 0 spiro atoms. The van der Waals surface area contributed by atoms with Gasteiger partial charge in [-0.1, -0.05) is 20.8 Å². The van der Waals surface area contributed by atoms with Gasteiger partial charge in [-0.25, -0.2) is 0 Å². The highest BCUT2D eigenvalue weighted by Crippen LogP contribution is 2.40. The summed E-state index contributed by atoms with van der Waals surface area (Å²) in [5.41, 5.74) is -0.114. The van der Waals surface area contributed by atoms with E-state index in [1.807, 2.05) is 0 Å².